The monoisotopic (exact) mass is 370 g/mol. The zero-order valence-electron chi connectivity index (χ0n) is 17.5. The zero-order valence-corrected chi connectivity index (χ0v) is 17.5. The van der Waals surface area contributed by atoms with Crippen LogP contribution in [0.3, 0.4) is 0 Å². The first kappa shape index (κ1) is 24.6. The van der Waals surface area contributed by atoms with Crippen LogP contribution in [0.5, 0.6) is 0 Å². The summed E-state index contributed by atoms with van der Waals surface area (Å²) in [6.07, 6.45) is 6.54. The summed E-state index contributed by atoms with van der Waals surface area (Å²) < 4.78 is 10.4. The largest absolute Gasteiger partial charge is 0.446 e. The summed E-state index contributed by atoms with van der Waals surface area (Å²) in [6, 6.07) is 0.716. The SMILES string of the molecule is CCCC(C)N(CC)COC(=O)/C=C\C(=O)OCN(CC)C(C)CCC. The molecule has 0 heterocycles. The smallest absolute Gasteiger partial charge is 0.332 e. The van der Waals surface area contributed by atoms with Gasteiger partial charge >= 0.3 is 11.9 Å². The highest BCUT2D eigenvalue weighted by molar-refractivity contribution is 5.91. The Labute approximate surface area is 159 Å². The molecular weight excluding hydrogens is 332 g/mol. The zero-order chi connectivity index (χ0) is 19.9. The fourth-order valence-corrected chi connectivity index (χ4v) is 2.79. The summed E-state index contributed by atoms with van der Waals surface area (Å²) in [7, 11) is 0. The van der Waals surface area contributed by atoms with E-state index in [1.807, 2.05) is 13.8 Å². The third kappa shape index (κ3) is 10.6. The summed E-state index contributed by atoms with van der Waals surface area (Å²) in [5.41, 5.74) is 0. The van der Waals surface area contributed by atoms with E-state index in [9.17, 15) is 9.59 Å². The Kier molecular flexibility index (Phi) is 13.9. The van der Waals surface area contributed by atoms with Crippen LogP contribution in [0.25, 0.3) is 0 Å². The van der Waals surface area contributed by atoms with Gasteiger partial charge in [0, 0.05) is 24.2 Å². The maximum absolute atomic E-state index is 11.8. The molecular formula is C20H38N2O4. The predicted octanol–water partition coefficient (Wildman–Crippen LogP) is 3.57. The molecule has 2 atom stereocenters. The molecule has 0 rings (SSSR count). The van der Waals surface area contributed by atoms with Crippen LogP contribution in [0.15, 0.2) is 12.2 Å². The van der Waals surface area contributed by atoms with E-state index in [0.717, 1.165) is 50.9 Å². The molecule has 6 heteroatoms. The van der Waals surface area contributed by atoms with Crippen molar-refractivity contribution in [2.45, 2.75) is 79.3 Å². The van der Waals surface area contributed by atoms with Gasteiger partial charge in [0.2, 0.25) is 0 Å². The molecule has 0 aliphatic heterocycles. The van der Waals surface area contributed by atoms with E-state index in [1.54, 1.807) is 0 Å². The number of carbonyl (C=O) groups excluding carboxylic acids is 2. The Bertz CT molecular complexity index is 388. The van der Waals surface area contributed by atoms with Crippen molar-refractivity contribution in [2.24, 2.45) is 0 Å². The Balaban J connectivity index is 4.27. The number of hydrogen-bond donors (Lipinski definition) is 0. The van der Waals surface area contributed by atoms with Crippen LogP contribution in [0.1, 0.15) is 67.2 Å². The number of carbonyl (C=O) groups is 2. The van der Waals surface area contributed by atoms with E-state index in [2.05, 4.69) is 37.5 Å². The van der Waals surface area contributed by atoms with Gasteiger partial charge in [-0.25, -0.2) is 9.59 Å². The predicted molar refractivity (Wildman–Crippen MR) is 105 cm³/mol. The van der Waals surface area contributed by atoms with Gasteiger partial charge in [-0.15, -0.1) is 0 Å². The fourth-order valence-electron chi connectivity index (χ4n) is 2.79. The molecule has 0 radical (unpaired) electrons. The number of nitrogens with zero attached hydrogens (tertiary/aromatic N) is 2. The normalized spacial score (nSPS) is 14.0. The lowest BCUT2D eigenvalue weighted by Gasteiger charge is -2.26. The fraction of sp³-hybridized carbons (Fsp3) is 0.800. The molecule has 0 fully saturated rings. The van der Waals surface area contributed by atoms with Gasteiger partial charge in [-0.1, -0.05) is 40.5 Å². The second kappa shape index (κ2) is 14.7. The number of hydrogen-bond acceptors (Lipinski definition) is 6. The molecule has 152 valence electrons. The van der Waals surface area contributed by atoms with Crippen molar-refractivity contribution < 1.29 is 19.1 Å². The lowest BCUT2D eigenvalue weighted by molar-refractivity contribution is -0.146. The van der Waals surface area contributed by atoms with E-state index < -0.39 is 11.9 Å². The second-order valence-corrected chi connectivity index (χ2v) is 6.60. The van der Waals surface area contributed by atoms with Gasteiger partial charge in [-0.2, -0.15) is 0 Å². The van der Waals surface area contributed by atoms with Crippen molar-refractivity contribution >= 4 is 11.9 Å². The maximum atomic E-state index is 11.8. The van der Waals surface area contributed by atoms with E-state index in [4.69, 9.17) is 9.47 Å². The first-order valence-electron chi connectivity index (χ1n) is 9.89. The molecule has 0 saturated heterocycles. The molecule has 0 aliphatic rings. The highest BCUT2D eigenvalue weighted by atomic mass is 16.5. The van der Waals surface area contributed by atoms with Gasteiger partial charge in [0.1, 0.15) is 13.5 Å². The van der Waals surface area contributed by atoms with Gasteiger partial charge in [-0.05, 0) is 39.8 Å². The highest BCUT2D eigenvalue weighted by Gasteiger charge is 2.14. The van der Waals surface area contributed by atoms with Crippen LogP contribution in [0.4, 0.5) is 0 Å². The van der Waals surface area contributed by atoms with Crippen molar-refractivity contribution in [1.29, 1.82) is 0 Å². The van der Waals surface area contributed by atoms with E-state index in [1.165, 1.54) is 0 Å². The van der Waals surface area contributed by atoms with E-state index >= 15 is 0 Å². The van der Waals surface area contributed by atoms with Crippen LogP contribution < -0.4 is 0 Å². The molecule has 0 spiro atoms. The summed E-state index contributed by atoms with van der Waals surface area (Å²) in [5.74, 6) is -1.06. The maximum Gasteiger partial charge on any atom is 0.332 e. The summed E-state index contributed by atoms with van der Waals surface area (Å²) in [4.78, 5) is 27.7. The topological polar surface area (TPSA) is 59.1 Å². The Hall–Kier alpha value is -1.40. The van der Waals surface area contributed by atoms with Gasteiger partial charge in [-0.3, -0.25) is 9.80 Å². The highest BCUT2D eigenvalue weighted by Crippen LogP contribution is 2.07. The van der Waals surface area contributed by atoms with Crippen LogP contribution in [0, 0.1) is 0 Å². The summed E-state index contributed by atoms with van der Waals surface area (Å²) in [5, 5.41) is 0. The van der Waals surface area contributed by atoms with Gasteiger partial charge in [0.15, 0.2) is 0 Å². The minimum absolute atomic E-state index is 0.230. The second-order valence-electron chi connectivity index (χ2n) is 6.60. The molecule has 0 aromatic rings. The molecule has 0 N–H and O–H groups in total. The first-order valence-corrected chi connectivity index (χ1v) is 9.89. The number of rotatable bonds is 14. The van der Waals surface area contributed by atoms with Gasteiger partial charge < -0.3 is 9.47 Å². The van der Waals surface area contributed by atoms with Crippen LogP contribution in [-0.2, 0) is 19.1 Å². The molecule has 0 saturated carbocycles. The number of ether oxygens (including phenoxy) is 2. The van der Waals surface area contributed by atoms with Crippen LogP contribution in [0.2, 0.25) is 0 Å². The van der Waals surface area contributed by atoms with E-state index in [0.29, 0.717) is 12.1 Å². The van der Waals surface area contributed by atoms with Crippen LogP contribution >= 0.6 is 0 Å². The van der Waals surface area contributed by atoms with Crippen LogP contribution in [-0.4, -0.2) is 60.4 Å². The van der Waals surface area contributed by atoms with Crippen molar-refractivity contribution in [2.75, 3.05) is 26.6 Å². The quantitative estimate of drug-likeness (QED) is 0.265. The van der Waals surface area contributed by atoms with Crippen molar-refractivity contribution in [3.8, 4) is 0 Å². The third-order valence-corrected chi connectivity index (χ3v) is 4.57. The minimum Gasteiger partial charge on any atom is -0.446 e. The minimum atomic E-state index is -0.532. The van der Waals surface area contributed by atoms with Crippen molar-refractivity contribution in [1.82, 2.24) is 9.80 Å². The summed E-state index contributed by atoms with van der Waals surface area (Å²) in [6.45, 7) is 14.6. The molecule has 0 amide bonds. The first-order chi connectivity index (χ1) is 12.4. The number of esters is 2. The molecule has 26 heavy (non-hydrogen) atoms. The Morgan fingerprint density at radius 2 is 1.12 bits per heavy atom. The van der Waals surface area contributed by atoms with Gasteiger partial charge in [0.05, 0.1) is 0 Å². The van der Waals surface area contributed by atoms with Gasteiger partial charge in [0.25, 0.3) is 0 Å². The van der Waals surface area contributed by atoms with Crippen molar-refractivity contribution in [3.05, 3.63) is 12.2 Å². The summed E-state index contributed by atoms with van der Waals surface area (Å²) >= 11 is 0. The lowest BCUT2D eigenvalue weighted by atomic mass is 10.2. The molecule has 2 unspecified atom stereocenters. The lowest BCUT2D eigenvalue weighted by Crippen LogP contribution is -2.35. The Morgan fingerprint density at radius 1 is 0.769 bits per heavy atom. The molecule has 0 aliphatic carbocycles. The van der Waals surface area contributed by atoms with E-state index in [-0.39, 0.29) is 13.5 Å². The molecule has 0 bridgehead atoms. The average Bonchev–Trinajstić information content (AvgIpc) is 2.61. The molecule has 0 aromatic carbocycles. The molecule has 6 nitrogen and oxygen atoms in total. The Morgan fingerprint density at radius 3 is 1.38 bits per heavy atom. The van der Waals surface area contributed by atoms with Crippen molar-refractivity contribution in [3.63, 3.8) is 0 Å². The third-order valence-electron chi connectivity index (χ3n) is 4.57. The average molecular weight is 371 g/mol. The molecule has 0 aromatic heterocycles. The standard InChI is InChI=1S/C20H38N2O4/c1-7-11-17(5)21(9-3)15-25-19(23)13-14-20(24)26-16-22(10-4)18(6)12-8-2/h13-14,17-18H,7-12,15-16H2,1-6H3/b14-13-.